The van der Waals surface area contributed by atoms with E-state index in [2.05, 4.69) is 29.0 Å². The minimum atomic E-state index is -1.07. The van der Waals surface area contributed by atoms with Gasteiger partial charge in [-0.25, -0.2) is 4.98 Å². The molecule has 0 aliphatic carbocycles. The van der Waals surface area contributed by atoms with Crippen molar-refractivity contribution in [3.63, 3.8) is 0 Å². The van der Waals surface area contributed by atoms with Crippen LogP contribution in [0, 0.1) is 0 Å². The molecule has 0 aliphatic rings. The first-order chi connectivity index (χ1) is 15.3. The molecule has 5 heteroatoms. The summed E-state index contributed by atoms with van der Waals surface area (Å²) < 4.78 is 5.87. The molecule has 166 valence electrons. The van der Waals surface area contributed by atoms with Gasteiger partial charge in [-0.2, -0.15) is 0 Å². The van der Waals surface area contributed by atoms with Crippen molar-refractivity contribution in [3.05, 3.63) is 101 Å². The van der Waals surface area contributed by atoms with Crippen LogP contribution in [0.25, 0.3) is 6.08 Å². The van der Waals surface area contributed by atoms with Gasteiger partial charge < -0.3 is 10.1 Å². The number of halogens is 1. The zero-order valence-corrected chi connectivity index (χ0v) is 19.5. The Kier molecular flexibility index (Phi) is 7.70. The molecule has 3 rings (SSSR count). The predicted molar refractivity (Wildman–Crippen MR) is 131 cm³/mol. The van der Waals surface area contributed by atoms with Gasteiger partial charge in [0.1, 0.15) is 0 Å². The number of carbonyl (C=O) groups is 1. The lowest BCUT2D eigenvalue weighted by Crippen LogP contribution is -2.51. The summed E-state index contributed by atoms with van der Waals surface area (Å²) >= 11 is 6.07. The van der Waals surface area contributed by atoms with E-state index in [1.807, 2.05) is 55.5 Å². The van der Waals surface area contributed by atoms with Crippen LogP contribution in [0.3, 0.4) is 0 Å². The third-order valence-corrected chi connectivity index (χ3v) is 5.70. The van der Waals surface area contributed by atoms with Crippen molar-refractivity contribution < 1.29 is 9.53 Å². The number of ether oxygens (including phenoxy) is 1. The summed E-state index contributed by atoms with van der Waals surface area (Å²) in [4.78, 5) is 17.3. The highest BCUT2D eigenvalue weighted by Gasteiger charge is 2.33. The van der Waals surface area contributed by atoms with Crippen LogP contribution >= 0.6 is 11.6 Å². The summed E-state index contributed by atoms with van der Waals surface area (Å²) in [5.41, 5.74) is 2.25. The van der Waals surface area contributed by atoms with E-state index in [1.54, 1.807) is 32.2 Å². The molecule has 4 nitrogen and oxygen atoms in total. The van der Waals surface area contributed by atoms with E-state index in [0.717, 1.165) is 23.1 Å². The van der Waals surface area contributed by atoms with Crippen LogP contribution in [0.5, 0.6) is 5.88 Å². The van der Waals surface area contributed by atoms with Gasteiger partial charge in [0.2, 0.25) is 5.88 Å². The summed E-state index contributed by atoms with van der Waals surface area (Å²) in [6.45, 7) is 9.40. The summed E-state index contributed by atoms with van der Waals surface area (Å²) in [7, 11) is 0. The van der Waals surface area contributed by atoms with Crippen LogP contribution in [0.4, 0.5) is 0 Å². The predicted octanol–water partition coefficient (Wildman–Crippen LogP) is 6.07. The molecule has 0 radical (unpaired) electrons. The third kappa shape index (κ3) is 6.21. The highest BCUT2D eigenvalue weighted by Crippen LogP contribution is 2.27. The minimum absolute atomic E-state index is 0.0469. The molecule has 2 aromatic carbocycles. The Morgan fingerprint density at radius 3 is 2.56 bits per heavy atom. The first-order valence-electron chi connectivity index (χ1n) is 10.7. The first kappa shape index (κ1) is 23.6. The number of hydrogen-bond donors (Lipinski definition) is 1. The SMILES string of the molecule is C=Cc1cccc(C(Cc2ccc(Cl)cc2)C(C)NC(=O)C(C)(C)Oc2ccccn2)c1. The number of hydrogen-bond acceptors (Lipinski definition) is 3. The van der Waals surface area contributed by atoms with Crippen LogP contribution in [0.2, 0.25) is 5.02 Å². The second kappa shape index (κ2) is 10.5. The number of nitrogens with one attached hydrogen (secondary N) is 1. The lowest BCUT2D eigenvalue weighted by Gasteiger charge is -2.30. The van der Waals surface area contributed by atoms with Gasteiger partial charge in [-0.05, 0) is 62.1 Å². The molecule has 1 N–H and O–H groups in total. The highest BCUT2D eigenvalue weighted by atomic mass is 35.5. The van der Waals surface area contributed by atoms with Crippen LogP contribution in [-0.2, 0) is 11.2 Å². The van der Waals surface area contributed by atoms with Crippen molar-refractivity contribution in [1.82, 2.24) is 10.3 Å². The monoisotopic (exact) mass is 448 g/mol. The van der Waals surface area contributed by atoms with Crippen LogP contribution < -0.4 is 10.1 Å². The van der Waals surface area contributed by atoms with Gasteiger partial charge in [-0.1, -0.05) is 66.7 Å². The maximum absolute atomic E-state index is 13.1. The number of benzene rings is 2. The van der Waals surface area contributed by atoms with Crippen molar-refractivity contribution in [2.75, 3.05) is 0 Å². The average molecular weight is 449 g/mol. The van der Waals surface area contributed by atoms with Gasteiger partial charge in [0.15, 0.2) is 5.60 Å². The Morgan fingerprint density at radius 1 is 1.16 bits per heavy atom. The number of pyridine rings is 1. The van der Waals surface area contributed by atoms with E-state index in [0.29, 0.717) is 10.9 Å². The molecule has 2 unspecified atom stereocenters. The Labute approximate surface area is 195 Å². The number of rotatable bonds is 9. The Bertz CT molecular complexity index is 1050. The fraction of sp³-hybridized carbons (Fsp3) is 0.259. The quantitative estimate of drug-likeness (QED) is 0.432. The topological polar surface area (TPSA) is 51.2 Å². The Hall–Kier alpha value is -3.11. The van der Waals surface area contributed by atoms with Gasteiger partial charge in [0.25, 0.3) is 5.91 Å². The van der Waals surface area contributed by atoms with Crippen molar-refractivity contribution in [1.29, 1.82) is 0 Å². The zero-order chi connectivity index (χ0) is 23.1. The third-order valence-electron chi connectivity index (χ3n) is 5.45. The molecular formula is C27H29ClN2O2. The number of aromatic nitrogens is 1. The maximum Gasteiger partial charge on any atom is 0.263 e. The summed E-state index contributed by atoms with van der Waals surface area (Å²) in [5, 5.41) is 3.87. The van der Waals surface area contributed by atoms with E-state index >= 15 is 0 Å². The molecule has 1 amide bonds. The van der Waals surface area contributed by atoms with Crippen molar-refractivity contribution in [3.8, 4) is 5.88 Å². The summed E-state index contributed by atoms with van der Waals surface area (Å²) in [5.74, 6) is 0.263. The van der Waals surface area contributed by atoms with Crippen molar-refractivity contribution in [2.45, 2.75) is 44.8 Å². The molecule has 0 fully saturated rings. The number of amides is 1. The van der Waals surface area contributed by atoms with E-state index in [9.17, 15) is 4.79 Å². The molecule has 1 heterocycles. The van der Waals surface area contributed by atoms with Gasteiger partial charge >= 0.3 is 0 Å². The van der Waals surface area contributed by atoms with E-state index in [1.165, 1.54) is 0 Å². The van der Waals surface area contributed by atoms with Crippen LogP contribution in [0.1, 0.15) is 43.4 Å². The molecule has 1 aromatic heterocycles. The second-order valence-corrected chi connectivity index (χ2v) is 8.79. The minimum Gasteiger partial charge on any atom is -0.462 e. The summed E-state index contributed by atoms with van der Waals surface area (Å²) in [6.07, 6.45) is 4.22. The average Bonchev–Trinajstić information content (AvgIpc) is 2.79. The second-order valence-electron chi connectivity index (χ2n) is 8.35. The lowest BCUT2D eigenvalue weighted by molar-refractivity contribution is -0.135. The summed E-state index contributed by atoms with van der Waals surface area (Å²) in [6, 6.07) is 21.3. The normalized spacial score (nSPS) is 13.1. The van der Waals surface area contributed by atoms with Crippen molar-refractivity contribution in [2.24, 2.45) is 0 Å². The Balaban J connectivity index is 1.82. The van der Waals surface area contributed by atoms with Gasteiger partial charge in [-0.15, -0.1) is 0 Å². The fourth-order valence-electron chi connectivity index (χ4n) is 3.57. The molecule has 3 aromatic rings. The maximum atomic E-state index is 13.1. The van der Waals surface area contributed by atoms with Gasteiger partial charge in [-0.3, -0.25) is 4.79 Å². The van der Waals surface area contributed by atoms with Crippen LogP contribution in [0.15, 0.2) is 79.5 Å². The van der Waals surface area contributed by atoms with E-state index < -0.39 is 5.60 Å². The molecule has 0 saturated carbocycles. The van der Waals surface area contributed by atoms with E-state index in [4.69, 9.17) is 16.3 Å². The van der Waals surface area contributed by atoms with Crippen molar-refractivity contribution >= 4 is 23.6 Å². The van der Waals surface area contributed by atoms with Gasteiger partial charge in [0, 0.05) is 29.2 Å². The molecule has 2 atom stereocenters. The highest BCUT2D eigenvalue weighted by molar-refractivity contribution is 6.30. The molecule has 0 bridgehead atoms. The van der Waals surface area contributed by atoms with E-state index in [-0.39, 0.29) is 17.9 Å². The Morgan fingerprint density at radius 2 is 1.91 bits per heavy atom. The lowest BCUT2D eigenvalue weighted by atomic mass is 9.85. The number of nitrogens with zero attached hydrogens (tertiary/aromatic N) is 1. The molecular weight excluding hydrogens is 420 g/mol. The fourth-order valence-corrected chi connectivity index (χ4v) is 3.70. The smallest absolute Gasteiger partial charge is 0.263 e. The molecule has 32 heavy (non-hydrogen) atoms. The molecule has 0 aliphatic heterocycles. The van der Waals surface area contributed by atoms with Crippen LogP contribution in [-0.4, -0.2) is 22.5 Å². The largest absolute Gasteiger partial charge is 0.462 e. The number of carbonyl (C=O) groups excluding carboxylic acids is 1. The zero-order valence-electron chi connectivity index (χ0n) is 18.7. The van der Waals surface area contributed by atoms with Gasteiger partial charge in [0.05, 0.1) is 0 Å². The standard InChI is InChI=1S/C27H29ClN2O2/c1-5-20-9-8-10-22(17-20)24(18-21-12-14-23(28)15-13-21)19(2)30-26(31)27(3,4)32-25-11-6-7-16-29-25/h5-17,19,24H,1,18H2,2-4H3,(H,30,31). The molecule has 0 spiro atoms. The molecule has 0 saturated heterocycles. The first-order valence-corrected chi connectivity index (χ1v) is 11.0.